The predicted octanol–water partition coefficient (Wildman–Crippen LogP) is 3.73. The van der Waals surface area contributed by atoms with E-state index < -0.39 is 4.92 Å². The molecule has 3 rings (SSSR count). The molecule has 3 aromatic rings. The van der Waals surface area contributed by atoms with Gasteiger partial charge in [0.25, 0.3) is 5.69 Å². The fraction of sp³-hybridized carbons (Fsp3) is 0.350. The Bertz CT molecular complexity index is 1030. The maximum absolute atomic E-state index is 13.0. The summed E-state index contributed by atoms with van der Waals surface area (Å²) in [5.41, 5.74) is 1.21. The van der Waals surface area contributed by atoms with Gasteiger partial charge in [0.05, 0.1) is 10.3 Å². The molecular formula is C20H24N4O3. The maximum atomic E-state index is 13.0. The Kier molecular flexibility index (Phi) is 5.71. The van der Waals surface area contributed by atoms with Crippen molar-refractivity contribution in [2.24, 2.45) is 0 Å². The number of aromatic amines is 1. The minimum absolute atomic E-state index is 0.0932. The zero-order chi connectivity index (χ0) is 19.4. The number of benzene rings is 2. The highest BCUT2D eigenvalue weighted by molar-refractivity contribution is 6.03. The van der Waals surface area contributed by atoms with Gasteiger partial charge in [0.15, 0.2) is 5.43 Å². The van der Waals surface area contributed by atoms with Crippen LogP contribution in [0.3, 0.4) is 0 Å². The van der Waals surface area contributed by atoms with Gasteiger partial charge in [-0.15, -0.1) is 0 Å². The first-order valence-corrected chi connectivity index (χ1v) is 9.10. The minimum atomic E-state index is -0.460. The number of fused-ring (bicyclic) bond motifs is 2. The fourth-order valence-electron chi connectivity index (χ4n) is 3.27. The van der Waals surface area contributed by atoms with Gasteiger partial charge in [0.2, 0.25) is 0 Å². The molecule has 0 saturated carbocycles. The van der Waals surface area contributed by atoms with Gasteiger partial charge in [-0.05, 0) is 51.7 Å². The number of non-ortho nitro benzene ring substituents is 1. The van der Waals surface area contributed by atoms with E-state index in [1.54, 1.807) is 30.3 Å². The highest BCUT2D eigenvalue weighted by Crippen LogP contribution is 2.29. The fourth-order valence-corrected chi connectivity index (χ4v) is 3.27. The number of aromatic nitrogens is 1. The third-order valence-corrected chi connectivity index (χ3v) is 4.64. The summed E-state index contributed by atoms with van der Waals surface area (Å²) >= 11 is 0. The average Bonchev–Trinajstić information content (AvgIpc) is 2.64. The van der Waals surface area contributed by atoms with E-state index in [0.29, 0.717) is 28.5 Å². The third-order valence-electron chi connectivity index (χ3n) is 4.64. The summed E-state index contributed by atoms with van der Waals surface area (Å²) in [6.07, 6.45) is 3.16. The molecule has 0 spiro atoms. The largest absolute Gasteiger partial charge is 0.384 e. The molecule has 2 aromatic carbocycles. The molecule has 2 N–H and O–H groups in total. The molecule has 0 aliphatic rings. The predicted molar refractivity (Wildman–Crippen MR) is 110 cm³/mol. The Morgan fingerprint density at radius 2 is 1.89 bits per heavy atom. The van der Waals surface area contributed by atoms with Crippen LogP contribution in [0.2, 0.25) is 0 Å². The first kappa shape index (κ1) is 18.8. The summed E-state index contributed by atoms with van der Waals surface area (Å²) in [6, 6.07) is 10.2. The third kappa shape index (κ3) is 4.09. The summed E-state index contributed by atoms with van der Waals surface area (Å²) in [7, 11) is 4.11. The highest BCUT2D eigenvalue weighted by Gasteiger charge is 2.19. The lowest BCUT2D eigenvalue weighted by atomic mass is 10.1. The lowest BCUT2D eigenvalue weighted by molar-refractivity contribution is -0.383. The van der Waals surface area contributed by atoms with Crippen molar-refractivity contribution in [1.82, 2.24) is 9.88 Å². The van der Waals surface area contributed by atoms with Crippen molar-refractivity contribution < 1.29 is 4.92 Å². The molecule has 0 aliphatic heterocycles. The van der Waals surface area contributed by atoms with Crippen molar-refractivity contribution in [3.05, 3.63) is 56.7 Å². The Labute approximate surface area is 157 Å². The number of hydrogen-bond donors (Lipinski definition) is 2. The molecular weight excluding hydrogens is 344 g/mol. The van der Waals surface area contributed by atoms with Gasteiger partial charge in [-0.1, -0.05) is 18.6 Å². The lowest BCUT2D eigenvalue weighted by Gasteiger charge is -2.12. The van der Waals surface area contributed by atoms with Crippen LogP contribution in [0.5, 0.6) is 0 Å². The van der Waals surface area contributed by atoms with Crippen molar-refractivity contribution in [3.63, 3.8) is 0 Å². The molecule has 0 fully saturated rings. The summed E-state index contributed by atoms with van der Waals surface area (Å²) in [6.45, 7) is 1.76. The summed E-state index contributed by atoms with van der Waals surface area (Å²) in [5, 5.41) is 15.6. The number of anilines is 1. The Morgan fingerprint density at radius 3 is 2.63 bits per heavy atom. The van der Waals surface area contributed by atoms with Crippen molar-refractivity contribution in [2.45, 2.75) is 19.3 Å². The van der Waals surface area contributed by atoms with E-state index in [-0.39, 0.29) is 16.6 Å². The zero-order valence-corrected chi connectivity index (χ0v) is 15.6. The Hall–Kier alpha value is -2.93. The molecule has 1 heterocycles. The quantitative estimate of drug-likeness (QED) is 0.274. The number of nitro benzene ring substituents is 1. The minimum Gasteiger partial charge on any atom is -0.384 e. The number of nitrogens with one attached hydrogen (secondary N) is 2. The van der Waals surface area contributed by atoms with Gasteiger partial charge in [-0.2, -0.15) is 0 Å². The average molecular weight is 368 g/mol. The molecule has 7 heteroatoms. The van der Waals surface area contributed by atoms with Gasteiger partial charge in [0.1, 0.15) is 5.52 Å². The van der Waals surface area contributed by atoms with Crippen LogP contribution in [0.15, 0.2) is 41.2 Å². The molecule has 0 unspecified atom stereocenters. The van der Waals surface area contributed by atoms with Crippen LogP contribution in [-0.2, 0) is 0 Å². The van der Waals surface area contributed by atoms with Crippen LogP contribution in [0, 0.1) is 10.1 Å². The van der Waals surface area contributed by atoms with E-state index in [4.69, 9.17) is 0 Å². The van der Waals surface area contributed by atoms with Crippen molar-refractivity contribution in [1.29, 1.82) is 0 Å². The molecule has 1 aromatic heterocycles. The van der Waals surface area contributed by atoms with E-state index in [1.165, 1.54) is 6.07 Å². The van der Waals surface area contributed by atoms with Crippen LogP contribution in [0.25, 0.3) is 21.8 Å². The molecule has 0 amide bonds. The monoisotopic (exact) mass is 368 g/mol. The first-order valence-electron chi connectivity index (χ1n) is 9.10. The molecule has 0 aliphatic carbocycles. The molecule has 27 heavy (non-hydrogen) atoms. The van der Waals surface area contributed by atoms with Crippen LogP contribution in [0.4, 0.5) is 11.4 Å². The Balaban J connectivity index is 1.94. The number of hydrogen-bond acceptors (Lipinski definition) is 5. The van der Waals surface area contributed by atoms with Crippen LogP contribution in [0.1, 0.15) is 19.3 Å². The number of nitro groups is 1. The van der Waals surface area contributed by atoms with Crippen LogP contribution in [-0.4, -0.2) is 42.0 Å². The topological polar surface area (TPSA) is 91.3 Å². The molecule has 7 nitrogen and oxygen atoms in total. The van der Waals surface area contributed by atoms with Crippen LogP contribution < -0.4 is 10.7 Å². The van der Waals surface area contributed by atoms with Crippen LogP contribution >= 0.6 is 0 Å². The van der Waals surface area contributed by atoms with Gasteiger partial charge in [0, 0.05) is 29.2 Å². The second kappa shape index (κ2) is 8.18. The van der Waals surface area contributed by atoms with Gasteiger partial charge >= 0.3 is 0 Å². The highest BCUT2D eigenvalue weighted by atomic mass is 16.6. The zero-order valence-electron chi connectivity index (χ0n) is 15.6. The number of pyridine rings is 1. The summed E-state index contributed by atoms with van der Waals surface area (Å²) < 4.78 is 0. The van der Waals surface area contributed by atoms with E-state index >= 15 is 0 Å². The number of rotatable bonds is 8. The second-order valence-corrected chi connectivity index (χ2v) is 6.93. The summed E-state index contributed by atoms with van der Waals surface area (Å²) in [5.74, 6) is 0. The standard InChI is InChI=1S/C20H24N4O3/c1-23(2)13-7-3-6-12-21-16-10-11-17(24(26)27)19-18(16)20(25)14-8-4-5-9-15(14)22-19/h4-5,8-11,21H,3,6-7,12-13H2,1-2H3,(H,22,25). The second-order valence-electron chi connectivity index (χ2n) is 6.93. The van der Waals surface area contributed by atoms with Crippen molar-refractivity contribution in [3.8, 4) is 0 Å². The maximum Gasteiger partial charge on any atom is 0.293 e. The lowest BCUT2D eigenvalue weighted by Crippen LogP contribution is -2.13. The smallest absolute Gasteiger partial charge is 0.293 e. The van der Waals surface area contributed by atoms with E-state index in [2.05, 4.69) is 29.3 Å². The first-order chi connectivity index (χ1) is 13.0. The van der Waals surface area contributed by atoms with Gasteiger partial charge in [-0.3, -0.25) is 14.9 Å². The number of unbranched alkanes of at least 4 members (excludes halogenated alkanes) is 2. The summed E-state index contributed by atoms with van der Waals surface area (Å²) in [4.78, 5) is 29.2. The number of nitrogens with zero attached hydrogens (tertiary/aromatic N) is 2. The number of H-pyrrole nitrogens is 1. The molecule has 142 valence electrons. The SMILES string of the molecule is CN(C)CCCCCNc1ccc([N+](=O)[O-])c2[nH]c3ccccc3c(=O)c12. The molecule has 0 atom stereocenters. The molecule has 0 bridgehead atoms. The van der Waals surface area contributed by atoms with E-state index in [1.807, 2.05) is 0 Å². The Morgan fingerprint density at radius 1 is 1.11 bits per heavy atom. The normalized spacial score (nSPS) is 11.4. The molecule has 0 radical (unpaired) electrons. The molecule has 0 saturated heterocycles. The van der Waals surface area contributed by atoms with E-state index in [9.17, 15) is 14.9 Å². The van der Waals surface area contributed by atoms with Gasteiger partial charge < -0.3 is 15.2 Å². The van der Waals surface area contributed by atoms with Gasteiger partial charge in [-0.25, -0.2) is 0 Å². The number of para-hydroxylation sites is 1. The van der Waals surface area contributed by atoms with Crippen molar-refractivity contribution >= 4 is 33.2 Å². The van der Waals surface area contributed by atoms with Crippen molar-refractivity contribution in [2.75, 3.05) is 32.5 Å². The van der Waals surface area contributed by atoms with E-state index in [0.717, 1.165) is 25.8 Å².